The van der Waals surface area contributed by atoms with Gasteiger partial charge in [-0.3, -0.25) is 9.59 Å². The predicted molar refractivity (Wildman–Crippen MR) is 64.1 cm³/mol. The van der Waals surface area contributed by atoms with Gasteiger partial charge < -0.3 is 16.0 Å². The number of carbonyl (C=O) groups excluding carboxylic acids is 2. The SMILES string of the molecule is CC(C(=O)N1CCCCC1C(N)=O)C1CNC1. The highest BCUT2D eigenvalue weighted by molar-refractivity contribution is 5.87. The topological polar surface area (TPSA) is 75.4 Å². The summed E-state index contributed by atoms with van der Waals surface area (Å²) in [5, 5.41) is 3.17. The van der Waals surface area contributed by atoms with Crippen LogP contribution in [-0.4, -0.2) is 42.4 Å². The van der Waals surface area contributed by atoms with Gasteiger partial charge in [0.1, 0.15) is 6.04 Å². The molecule has 2 atom stereocenters. The van der Waals surface area contributed by atoms with Crippen LogP contribution in [0.4, 0.5) is 0 Å². The second-order valence-electron chi connectivity index (χ2n) is 5.15. The third-order valence-electron chi connectivity index (χ3n) is 4.02. The van der Waals surface area contributed by atoms with Crippen LogP contribution in [0.15, 0.2) is 0 Å². The van der Waals surface area contributed by atoms with E-state index in [1.807, 2.05) is 6.92 Å². The zero-order valence-electron chi connectivity index (χ0n) is 10.3. The maximum absolute atomic E-state index is 12.3. The van der Waals surface area contributed by atoms with E-state index in [1.54, 1.807) is 4.90 Å². The van der Waals surface area contributed by atoms with Gasteiger partial charge in [0.05, 0.1) is 0 Å². The summed E-state index contributed by atoms with van der Waals surface area (Å²) in [5.74, 6) is 0.145. The van der Waals surface area contributed by atoms with Crippen LogP contribution < -0.4 is 11.1 Å². The van der Waals surface area contributed by atoms with Gasteiger partial charge in [0.25, 0.3) is 0 Å². The molecule has 17 heavy (non-hydrogen) atoms. The molecule has 0 aliphatic carbocycles. The molecule has 0 aromatic heterocycles. The quantitative estimate of drug-likeness (QED) is 0.710. The zero-order valence-corrected chi connectivity index (χ0v) is 10.3. The van der Waals surface area contributed by atoms with Gasteiger partial charge in [-0.15, -0.1) is 0 Å². The molecule has 2 fully saturated rings. The van der Waals surface area contributed by atoms with E-state index in [4.69, 9.17) is 5.73 Å². The third kappa shape index (κ3) is 2.44. The number of hydrogen-bond acceptors (Lipinski definition) is 3. The van der Waals surface area contributed by atoms with Gasteiger partial charge in [0, 0.05) is 12.5 Å². The van der Waals surface area contributed by atoms with Crippen molar-refractivity contribution >= 4 is 11.8 Å². The van der Waals surface area contributed by atoms with E-state index in [2.05, 4.69) is 5.32 Å². The Labute approximate surface area is 102 Å². The Morgan fingerprint density at radius 3 is 2.59 bits per heavy atom. The minimum absolute atomic E-state index is 0.00352. The molecule has 2 aliphatic rings. The number of piperidine rings is 1. The molecule has 0 aromatic carbocycles. The van der Waals surface area contributed by atoms with E-state index in [1.165, 1.54) is 0 Å². The summed E-state index contributed by atoms with van der Waals surface area (Å²) in [6.07, 6.45) is 2.68. The van der Waals surface area contributed by atoms with E-state index in [0.717, 1.165) is 32.4 Å². The van der Waals surface area contributed by atoms with Gasteiger partial charge in [0.15, 0.2) is 0 Å². The Kier molecular flexibility index (Phi) is 3.66. The van der Waals surface area contributed by atoms with Gasteiger partial charge in [-0.05, 0) is 38.3 Å². The van der Waals surface area contributed by atoms with E-state index < -0.39 is 0 Å². The Hall–Kier alpha value is -1.10. The molecule has 2 rings (SSSR count). The van der Waals surface area contributed by atoms with Crippen molar-refractivity contribution in [2.24, 2.45) is 17.6 Å². The number of nitrogens with zero attached hydrogens (tertiary/aromatic N) is 1. The average molecular weight is 239 g/mol. The monoisotopic (exact) mass is 239 g/mol. The number of hydrogen-bond donors (Lipinski definition) is 2. The summed E-state index contributed by atoms with van der Waals surface area (Å²) in [4.78, 5) is 25.4. The van der Waals surface area contributed by atoms with Crippen molar-refractivity contribution in [3.63, 3.8) is 0 Å². The van der Waals surface area contributed by atoms with Gasteiger partial charge in [0.2, 0.25) is 11.8 Å². The van der Waals surface area contributed by atoms with E-state index >= 15 is 0 Å². The smallest absolute Gasteiger partial charge is 0.240 e. The van der Waals surface area contributed by atoms with Crippen LogP contribution in [0.25, 0.3) is 0 Å². The van der Waals surface area contributed by atoms with Crippen LogP contribution in [0.5, 0.6) is 0 Å². The fraction of sp³-hybridized carbons (Fsp3) is 0.833. The highest BCUT2D eigenvalue weighted by Crippen LogP contribution is 2.24. The third-order valence-corrected chi connectivity index (χ3v) is 4.02. The Morgan fingerprint density at radius 2 is 2.06 bits per heavy atom. The highest BCUT2D eigenvalue weighted by atomic mass is 16.2. The van der Waals surface area contributed by atoms with Gasteiger partial charge in [-0.2, -0.15) is 0 Å². The van der Waals surface area contributed by atoms with Crippen molar-refractivity contribution in [1.82, 2.24) is 10.2 Å². The largest absolute Gasteiger partial charge is 0.368 e. The standard InChI is InChI=1S/C12H21N3O2/c1-8(9-6-14-7-9)12(17)15-5-3-2-4-10(15)11(13)16/h8-10,14H,2-7H2,1H3,(H2,13,16). The summed E-state index contributed by atoms with van der Waals surface area (Å²) in [6, 6.07) is -0.383. The number of carbonyl (C=O) groups is 2. The van der Waals surface area contributed by atoms with Crippen LogP contribution in [0, 0.1) is 11.8 Å². The van der Waals surface area contributed by atoms with Crippen LogP contribution in [0.2, 0.25) is 0 Å². The van der Waals surface area contributed by atoms with Gasteiger partial charge in [-0.25, -0.2) is 0 Å². The first-order valence-corrected chi connectivity index (χ1v) is 6.41. The molecule has 2 amide bonds. The fourth-order valence-corrected chi connectivity index (χ4v) is 2.62. The molecule has 0 radical (unpaired) electrons. The van der Waals surface area contributed by atoms with Crippen molar-refractivity contribution in [1.29, 1.82) is 0 Å². The minimum atomic E-state index is -0.383. The molecule has 5 nitrogen and oxygen atoms in total. The zero-order chi connectivity index (χ0) is 12.4. The lowest BCUT2D eigenvalue weighted by Gasteiger charge is -2.39. The number of rotatable bonds is 3. The van der Waals surface area contributed by atoms with Crippen LogP contribution >= 0.6 is 0 Å². The van der Waals surface area contributed by atoms with Crippen molar-refractivity contribution in [2.45, 2.75) is 32.2 Å². The second-order valence-corrected chi connectivity index (χ2v) is 5.15. The Balaban J connectivity index is 2.02. The van der Waals surface area contributed by atoms with Crippen LogP contribution in [-0.2, 0) is 9.59 Å². The molecule has 0 saturated carbocycles. The molecule has 2 aliphatic heterocycles. The van der Waals surface area contributed by atoms with Crippen molar-refractivity contribution in [2.75, 3.05) is 19.6 Å². The molecular formula is C12H21N3O2. The molecule has 2 heterocycles. The summed E-state index contributed by atoms with van der Waals surface area (Å²) in [6.45, 7) is 4.45. The number of nitrogens with two attached hydrogens (primary N) is 1. The number of nitrogens with one attached hydrogen (secondary N) is 1. The van der Waals surface area contributed by atoms with Gasteiger partial charge in [-0.1, -0.05) is 6.92 Å². The summed E-state index contributed by atoms with van der Waals surface area (Å²) < 4.78 is 0. The summed E-state index contributed by atoms with van der Waals surface area (Å²) >= 11 is 0. The van der Waals surface area contributed by atoms with E-state index in [9.17, 15) is 9.59 Å². The fourth-order valence-electron chi connectivity index (χ4n) is 2.62. The lowest BCUT2D eigenvalue weighted by atomic mass is 9.86. The van der Waals surface area contributed by atoms with Crippen molar-refractivity contribution in [3.8, 4) is 0 Å². The van der Waals surface area contributed by atoms with Crippen LogP contribution in [0.3, 0.4) is 0 Å². The lowest BCUT2D eigenvalue weighted by molar-refractivity contribution is -0.145. The molecule has 0 bridgehead atoms. The normalized spacial score (nSPS) is 27.4. The second kappa shape index (κ2) is 5.04. The van der Waals surface area contributed by atoms with Crippen molar-refractivity contribution in [3.05, 3.63) is 0 Å². The highest BCUT2D eigenvalue weighted by Gasteiger charge is 2.36. The molecule has 96 valence electrons. The molecule has 2 unspecified atom stereocenters. The Morgan fingerprint density at radius 1 is 1.35 bits per heavy atom. The molecular weight excluding hydrogens is 218 g/mol. The molecule has 0 spiro atoms. The number of amides is 2. The van der Waals surface area contributed by atoms with Crippen molar-refractivity contribution < 1.29 is 9.59 Å². The molecule has 0 aromatic rings. The first-order chi connectivity index (χ1) is 8.11. The van der Waals surface area contributed by atoms with Crippen LogP contribution in [0.1, 0.15) is 26.2 Å². The first kappa shape index (κ1) is 12.4. The molecule has 3 N–H and O–H groups in total. The number of primary amides is 1. The Bertz CT molecular complexity index is 315. The first-order valence-electron chi connectivity index (χ1n) is 6.41. The lowest BCUT2D eigenvalue weighted by Crippen LogP contribution is -2.56. The van der Waals surface area contributed by atoms with Gasteiger partial charge >= 0.3 is 0 Å². The average Bonchev–Trinajstić information content (AvgIpc) is 2.25. The maximum Gasteiger partial charge on any atom is 0.240 e. The summed E-state index contributed by atoms with van der Waals surface area (Å²) in [5.41, 5.74) is 5.37. The summed E-state index contributed by atoms with van der Waals surface area (Å²) in [7, 11) is 0. The van der Waals surface area contributed by atoms with E-state index in [0.29, 0.717) is 12.5 Å². The number of likely N-dealkylation sites (tertiary alicyclic amines) is 1. The van der Waals surface area contributed by atoms with E-state index in [-0.39, 0.29) is 23.8 Å². The molecule has 2 saturated heterocycles. The minimum Gasteiger partial charge on any atom is -0.368 e. The maximum atomic E-state index is 12.3. The molecule has 5 heteroatoms. The predicted octanol–water partition coefficient (Wildman–Crippen LogP) is -0.292.